The summed E-state index contributed by atoms with van der Waals surface area (Å²) in [7, 11) is 0. The molecule has 0 aliphatic carbocycles. The molecule has 0 spiro atoms. The molecule has 0 aromatic heterocycles. The van der Waals surface area contributed by atoms with Gasteiger partial charge in [-0.15, -0.1) is 0 Å². The van der Waals surface area contributed by atoms with Gasteiger partial charge < -0.3 is 9.80 Å². The van der Waals surface area contributed by atoms with Crippen molar-refractivity contribution in [3.63, 3.8) is 0 Å². The zero-order valence-electron chi connectivity index (χ0n) is 17.5. The van der Waals surface area contributed by atoms with Crippen molar-refractivity contribution in [3.05, 3.63) is 99.5 Å². The quantitative estimate of drug-likeness (QED) is 0.490. The van der Waals surface area contributed by atoms with Crippen molar-refractivity contribution < 1.29 is 9.59 Å². The van der Waals surface area contributed by atoms with E-state index in [0.29, 0.717) is 41.9 Å². The fourth-order valence-corrected chi connectivity index (χ4v) is 4.18. The second-order valence-corrected chi connectivity index (χ2v) is 8.59. The van der Waals surface area contributed by atoms with Gasteiger partial charge >= 0.3 is 0 Å². The molecule has 0 radical (unpaired) electrons. The van der Waals surface area contributed by atoms with Gasteiger partial charge in [-0.25, -0.2) is 0 Å². The number of rotatable bonds is 4. The van der Waals surface area contributed by atoms with E-state index in [1.54, 1.807) is 36.4 Å². The lowest BCUT2D eigenvalue weighted by Gasteiger charge is -2.24. The third kappa shape index (κ3) is 4.74. The maximum Gasteiger partial charge on any atom is 0.254 e. The average Bonchev–Trinajstić information content (AvgIpc) is 3.10. The standard InChI is InChI=1S/C26H22BrN3O2/c27-21-10-8-20(9-11-21)25(31)23-4-1-2-5-24(23)26(32)30-15-3-14-29(16-17-30)22-12-6-19(18-28)7-13-22/h1-2,4-13H,3,14-17H2. The van der Waals surface area contributed by atoms with E-state index >= 15 is 0 Å². The number of nitriles is 1. The summed E-state index contributed by atoms with van der Waals surface area (Å²) in [5, 5.41) is 9.00. The van der Waals surface area contributed by atoms with Gasteiger partial charge in [0.1, 0.15) is 0 Å². The Bertz CT molecular complexity index is 1170. The fourth-order valence-electron chi connectivity index (χ4n) is 3.92. The number of amides is 1. The second kappa shape index (κ2) is 9.80. The summed E-state index contributed by atoms with van der Waals surface area (Å²) in [5.41, 5.74) is 3.09. The summed E-state index contributed by atoms with van der Waals surface area (Å²) in [6.07, 6.45) is 0.828. The lowest BCUT2D eigenvalue weighted by Crippen LogP contribution is -2.36. The van der Waals surface area contributed by atoms with E-state index in [1.807, 2.05) is 41.3 Å². The zero-order chi connectivity index (χ0) is 22.5. The largest absolute Gasteiger partial charge is 0.370 e. The van der Waals surface area contributed by atoms with Crippen molar-refractivity contribution >= 4 is 33.3 Å². The molecular formula is C26H22BrN3O2. The minimum atomic E-state index is -0.157. The molecule has 1 saturated heterocycles. The van der Waals surface area contributed by atoms with E-state index < -0.39 is 0 Å². The summed E-state index contributed by atoms with van der Waals surface area (Å²) < 4.78 is 0.898. The highest BCUT2D eigenvalue weighted by molar-refractivity contribution is 9.10. The molecule has 0 saturated carbocycles. The van der Waals surface area contributed by atoms with E-state index in [9.17, 15) is 9.59 Å². The molecule has 5 nitrogen and oxygen atoms in total. The lowest BCUT2D eigenvalue weighted by atomic mass is 9.97. The molecule has 1 amide bonds. The number of hydrogen-bond donors (Lipinski definition) is 0. The highest BCUT2D eigenvalue weighted by Crippen LogP contribution is 2.21. The smallest absolute Gasteiger partial charge is 0.254 e. The number of anilines is 1. The molecule has 160 valence electrons. The third-order valence-corrected chi connectivity index (χ3v) is 6.18. The van der Waals surface area contributed by atoms with Crippen LogP contribution in [0.5, 0.6) is 0 Å². The molecule has 32 heavy (non-hydrogen) atoms. The Kier molecular flexibility index (Phi) is 6.67. The van der Waals surface area contributed by atoms with Crippen LogP contribution in [0, 0.1) is 11.3 Å². The number of hydrogen-bond acceptors (Lipinski definition) is 4. The van der Waals surface area contributed by atoms with Gasteiger partial charge in [-0.05, 0) is 61.0 Å². The molecule has 1 aliphatic rings. The van der Waals surface area contributed by atoms with E-state index in [2.05, 4.69) is 26.9 Å². The third-order valence-electron chi connectivity index (χ3n) is 5.65. The number of benzene rings is 3. The minimum Gasteiger partial charge on any atom is -0.370 e. The summed E-state index contributed by atoms with van der Waals surface area (Å²) in [6.45, 7) is 2.72. The van der Waals surface area contributed by atoms with Crippen molar-refractivity contribution in [2.75, 3.05) is 31.1 Å². The summed E-state index contributed by atoms with van der Waals surface area (Å²) in [4.78, 5) is 30.6. The number of halogens is 1. The maximum absolute atomic E-state index is 13.4. The SMILES string of the molecule is N#Cc1ccc(N2CCCN(C(=O)c3ccccc3C(=O)c3ccc(Br)cc3)CC2)cc1. The molecule has 6 heteroatoms. The summed E-state index contributed by atoms with van der Waals surface area (Å²) in [6, 6.07) is 23.9. The summed E-state index contributed by atoms with van der Waals surface area (Å²) >= 11 is 3.39. The van der Waals surface area contributed by atoms with Crippen LogP contribution in [0.25, 0.3) is 0 Å². The predicted molar refractivity (Wildman–Crippen MR) is 128 cm³/mol. The van der Waals surface area contributed by atoms with Crippen LogP contribution in [0.4, 0.5) is 5.69 Å². The Morgan fingerprint density at radius 1 is 0.812 bits per heavy atom. The molecule has 1 heterocycles. The number of carbonyl (C=O) groups is 2. The Morgan fingerprint density at radius 2 is 1.50 bits per heavy atom. The van der Waals surface area contributed by atoms with E-state index in [4.69, 9.17) is 5.26 Å². The molecule has 3 aromatic rings. The molecular weight excluding hydrogens is 466 g/mol. The fraction of sp³-hybridized carbons (Fsp3) is 0.192. The Hall–Kier alpha value is -3.43. The zero-order valence-corrected chi connectivity index (χ0v) is 19.1. The Balaban J connectivity index is 1.51. The topological polar surface area (TPSA) is 64.4 Å². The van der Waals surface area contributed by atoms with Crippen LogP contribution in [0.15, 0.2) is 77.3 Å². The first-order valence-electron chi connectivity index (χ1n) is 10.5. The molecule has 0 N–H and O–H groups in total. The number of ketones is 1. The predicted octanol–water partition coefficient (Wildman–Crippen LogP) is 4.90. The average molecular weight is 488 g/mol. The lowest BCUT2D eigenvalue weighted by molar-refractivity contribution is 0.0762. The van der Waals surface area contributed by atoms with Gasteiger partial charge in [0.15, 0.2) is 5.78 Å². The molecule has 0 atom stereocenters. The van der Waals surface area contributed by atoms with Crippen molar-refractivity contribution in [1.29, 1.82) is 5.26 Å². The van der Waals surface area contributed by atoms with Crippen molar-refractivity contribution in [1.82, 2.24) is 4.90 Å². The van der Waals surface area contributed by atoms with Gasteiger partial charge in [0.05, 0.1) is 17.2 Å². The van der Waals surface area contributed by atoms with Gasteiger partial charge in [0.25, 0.3) is 5.91 Å². The van der Waals surface area contributed by atoms with Crippen LogP contribution in [0.3, 0.4) is 0 Å². The minimum absolute atomic E-state index is 0.118. The van der Waals surface area contributed by atoms with Crippen molar-refractivity contribution in [2.24, 2.45) is 0 Å². The first-order valence-corrected chi connectivity index (χ1v) is 11.3. The van der Waals surface area contributed by atoms with Gasteiger partial charge in [0, 0.05) is 47.5 Å². The second-order valence-electron chi connectivity index (χ2n) is 7.67. The van der Waals surface area contributed by atoms with E-state index in [0.717, 1.165) is 23.1 Å². The monoisotopic (exact) mass is 487 g/mol. The first-order chi connectivity index (χ1) is 15.6. The normalized spacial score (nSPS) is 13.9. The summed E-state index contributed by atoms with van der Waals surface area (Å²) in [5.74, 6) is -0.275. The molecule has 1 aliphatic heterocycles. The van der Waals surface area contributed by atoms with Crippen molar-refractivity contribution in [2.45, 2.75) is 6.42 Å². The van der Waals surface area contributed by atoms with Crippen LogP contribution < -0.4 is 4.90 Å². The highest BCUT2D eigenvalue weighted by atomic mass is 79.9. The van der Waals surface area contributed by atoms with Gasteiger partial charge in [0.2, 0.25) is 0 Å². The van der Waals surface area contributed by atoms with Crippen LogP contribution in [-0.2, 0) is 0 Å². The van der Waals surface area contributed by atoms with E-state index in [-0.39, 0.29) is 11.7 Å². The van der Waals surface area contributed by atoms with E-state index in [1.165, 1.54) is 0 Å². The maximum atomic E-state index is 13.4. The molecule has 1 fully saturated rings. The van der Waals surface area contributed by atoms with Gasteiger partial charge in [-0.1, -0.05) is 34.1 Å². The Morgan fingerprint density at radius 3 is 2.19 bits per heavy atom. The number of nitrogens with zero attached hydrogens (tertiary/aromatic N) is 3. The van der Waals surface area contributed by atoms with Crippen LogP contribution in [0.1, 0.15) is 38.3 Å². The van der Waals surface area contributed by atoms with Crippen LogP contribution in [-0.4, -0.2) is 42.8 Å². The van der Waals surface area contributed by atoms with Crippen LogP contribution in [0.2, 0.25) is 0 Å². The van der Waals surface area contributed by atoms with Gasteiger partial charge in [-0.2, -0.15) is 5.26 Å². The number of carbonyl (C=O) groups excluding carboxylic acids is 2. The van der Waals surface area contributed by atoms with Crippen molar-refractivity contribution in [3.8, 4) is 6.07 Å². The molecule has 0 bridgehead atoms. The molecule has 4 rings (SSSR count). The highest BCUT2D eigenvalue weighted by Gasteiger charge is 2.24. The molecule has 0 unspecified atom stereocenters. The van der Waals surface area contributed by atoms with Crippen LogP contribution >= 0.6 is 15.9 Å². The first kappa shape index (κ1) is 21.8. The van der Waals surface area contributed by atoms with Gasteiger partial charge in [-0.3, -0.25) is 9.59 Å². The Labute approximate surface area is 196 Å². The molecule has 3 aromatic carbocycles.